The van der Waals surface area contributed by atoms with E-state index in [4.69, 9.17) is 5.73 Å². The monoisotopic (exact) mass is 332 g/mol. The van der Waals surface area contributed by atoms with E-state index in [1.807, 2.05) is 0 Å². The van der Waals surface area contributed by atoms with Gasteiger partial charge in [0.25, 0.3) is 10.0 Å². The Morgan fingerprint density at radius 2 is 1.65 bits per heavy atom. The molecule has 0 saturated carbocycles. The third-order valence-corrected chi connectivity index (χ3v) is 4.60. The van der Waals surface area contributed by atoms with E-state index in [0.717, 1.165) is 0 Å². The number of anilines is 1. The molecule has 0 aliphatic rings. The van der Waals surface area contributed by atoms with Gasteiger partial charge < -0.3 is 15.7 Å². The van der Waals surface area contributed by atoms with Crippen LogP contribution in [0.4, 0.5) is 5.69 Å². The van der Waals surface area contributed by atoms with Crippen molar-refractivity contribution in [1.29, 1.82) is 0 Å². The molecule has 0 aliphatic carbocycles. The molecule has 118 valence electrons. The Morgan fingerprint density at radius 1 is 1.00 bits per heavy atom. The van der Waals surface area contributed by atoms with Gasteiger partial charge in [0.1, 0.15) is 0 Å². The van der Waals surface area contributed by atoms with Gasteiger partial charge in [-0.2, -0.15) is 0 Å². The first-order chi connectivity index (χ1) is 10.8. The lowest BCUT2D eigenvalue weighted by Gasteiger charge is -2.08. The average Bonchev–Trinajstić information content (AvgIpc) is 2.86. The zero-order valence-corrected chi connectivity index (χ0v) is 12.5. The first-order valence-electron chi connectivity index (χ1n) is 6.50. The fourth-order valence-electron chi connectivity index (χ4n) is 2.10. The molecule has 2 aromatic carbocycles. The molecule has 0 saturated heterocycles. The van der Waals surface area contributed by atoms with E-state index in [0.29, 0.717) is 11.0 Å². The lowest BCUT2D eigenvalue weighted by Crippen LogP contribution is -2.14. The van der Waals surface area contributed by atoms with Crippen LogP contribution in [0.1, 0.15) is 10.4 Å². The SMILES string of the molecule is NC(=O)c1ccc(NS(=O)(=O)c2ccc3[nH]c(=O)[nH]c3c2)cc1. The van der Waals surface area contributed by atoms with Crippen molar-refractivity contribution in [2.24, 2.45) is 5.73 Å². The number of sulfonamides is 1. The summed E-state index contributed by atoms with van der Waals surface area (Å²) in [7, 11) is -3.83. The van der Waals surface area contributed by atoms with Crippen LogP contribution in [0.25, 0.3) is 11.0 Å². The number of carbonyl (C=O) groups is 1. The minimum Gasteiger partial charge on any atom is -0.366 e. The Hall–Kier alpha value is -3.07. The van der Waals surface area contributed by atoms with Crippen molar-refractivity contribution in [2.75, 3.05) is 4.72 Å². The molecule has 3 aromatic rings. The second-order valence-electron chi connectivity index (χ2n) is 4.83. The van der Waals surface area contributed by atoms with Crippen LogP contribution >= 0.6 is 0 Å². The van der Waals surface area contributed by atoms with Crippen molar-refractivity contribution < 1.29 is 13.2 Å². The Labute approximate surface area is 130 Å². The van der Waals surface area contributed by atoms with Crippen LogP contribution in [0.2, 0.25) is 0 Å². The van der Waals surface area contributed by atoms with Gasteiger partial charge in [-0.3, -0.25) is 9.52 Å². The molecule has 0 spiro atoms. The van der Waals surface area contributed by atoms with Crippen LogP contribution in [0.3, 0.4) is 0 Å². The lowest BCUT2D eigenvalue weighted by atomic mass is 10.2. The third kappa shape index (κ3) is 2.94. The number of aromatic nitrogens is 2. The van der Waals surface area contributed by atoms with Gasteiger partial charge in [-0.15, -0.1) is 0 Å². The summed E-state index contributed by atoms with van der Waals surface area (Å²) in [5.41, 5.74) is 6.19. The van der Waals surface area contributed by atoms with E-state index in [1.54, 1.807) is 0 Å². The van der Waals surface area contributed by atoms with Crippen LogP contribution < -0.4 is 16.1 Å². The predicted molar refractivity (Wildman–Crippen MR) is 84.7 cm³/mol. The van der Waals surface area contributed by atoms with Gasteiger partial charge in [0, 0.05) is 11.3 Å². The number of primary amides is 1. The summed E-state index contributed by atoms with van der Waals surface area (Å²) >= 11 is 0. The minimum atomic E-state index is -3.83. The van der Waals surface area contributed by atoms with E-state index in [2.05, 4.69) is 14.7 Å². The molecular formula is C14H12N4O4S. The van der Waals surface area contributed by atoms with Crippen molar-refractivity contribution in [3.05, 3.63) is 58.5 Å². The Balaban J connectivity index is 1.93. The first-order valence-corrected chi connectivity index (χ1v) is 7.98. The zero-order valence-electron chi connectivity index (χ0n) is 11.7. The van der Waals surface area contributed by atoms with Gasteiger partial charge in [0.2, 0.25) is 5.91 Å². The highest BCUT2D eigenvalue weighted by atomic mass is 32.2. The lowest BCUT2D eigenvalue weighted by molar-refractivity contribution is 0.100. The predicted octanol–water partition coefficient (Wildman–Crippen LogP) is 0.756. The minimum absolute atomic E-state index is 0.000715. The maximum absolute atomic E-state index is 12.4. The first kappa shape index (κ1) is 14.9. The van der Waals surface area contributed by atoms with E-state index in [9.17, 15) is 18.0 Å². The fourth-order valence-corrected chi connectivity index (χ4v) is 3.18. The number of imidazole rings is 1. The molecule has 0 unspecified atom stereocenters. The number of fused-ring (bicyclic) bond motifs is 1. The number of nitrogens with one attached hydrogen (secondary N) is 3. The largest absolute Gasteiger partial charge is 0.366 e. The van der Waals surface area contributed by atoms with Crippen LogP contribution in [0.5, 0.6) is 0 Å². The molecule has 0 fully saturated rings. The summed E-state index contributed by atoms with van der Waals surface area (Å²) in [6.07, 6.45) is 0. The number of hydrogen-bond acceptors (Lipinski definition) is 4. The number of amides is 1. The second kappa shape index (κ2) is 5.29. The highest BCUT2D eigenvalue weighted by Crippen LogP contribution is 2.19. The molecule has 8 nitrogen and oxygen atoms in total. The quantitative estimate of drug-likeness (QED) is 0.560. The third-order valence-electron chi connectivity index (χ3n) is 3.22. The molecular weight excluding hydrogens is 320 g/mol. The molecule has 0 bridgehead atoms. The van der Waals surface area contributed by atoms with Gasteiger partial charge in [-0.25, -0.2) is 13.2 Å². The summed E-state index contributed by atoms with van der Waals surface area (Å²) in [6.45, 7) is 0. The zero-order chi connectivity index (χ0) is 16.6. The fraction of sp³-hybridized carbons (Fsp3) is 0. The standard InChI is InChI=1S/C14H12N4O4S/c15-13(19)8-1-3-9(4-2-8)18-23(21,22)10-5-6-11-12(7-10)17-14(20)16-11/h1-7,18H,(H2,15,19)(H2,16,17,20). The summed E-state index contributed by atoms with van der Waals surface area (Å²) in [4.78, 5) is 27.2. The van der Waals surface area contributed by atoms with Crippen molar-refractivity contribution in [3.8, 4) is 0 Å². The number of rotatable bonds is 4. The van der Waals surface area contributed by atoms with Crippen LogP contribution in [-0.4, -0.2) is 24.3 Å². The van der Waals surface area contributed by atoms with E-state index < -0.39 is 21.6 Å². The highest BCUT2D eigenvalue weighted by molar-refractivity contribution is 7.92. The van der Waals surface area contributed by atoms with Gasteiger partial charge in [0.15, 0.2) is 0 Å². The number of benzene rings is 2. The number of H-pyrrole nitrogens is 2. The van der Waals surface area contributed by atoms with Gasteiger partial charge in [-0.05, 0) is 42.5 Å². The van der Waals surface area contributed by atoms with Crippen molar-refractivity contribution >= 4 is 32.7 Å². The van der Waals surface area contributed by atoms with Gasteiger partial charge >= 0.3 is 5.69 Å². The summed E-state index contributed by atoms with van der Waals surface area (Å²) < 4.78 is 27.1. The van der Waals surface area contributed by atoms with E-state index >= 15 is 0 Å². The maximum Gasteiger partial charge on any atom is 0.323 e. The van der Waals surface area contributed by atoms with Gasteiger partial charge in [0.05, 0.1) is 15.9 Å². The smallest absolute Gasteiger partial charge is 0.323 e. The van der Waals surface area contributed by atoms with Gasteiger partial charge in [-0.1, -0.05) is 0 Å². The topological polar surface area (TPSA) is 138 Å². The average molecular weight is 332 g/mol. The van der Waals surface area contributed by atoms with Crippen LogP contribution in [0, 0.1) is 0 Å². The summed E-state index contributed by atoms with van der Waals surface area (Å²) in [5.74, 6) is -0.596. The molecule has 3 rings (SSSR count). The Bertz CT molecular complexity index is 1050. The van der Waals surface area contributed by atoms with Crippen LogP contribution in [0.15, 0.2) is 52.2 Å². The van der Waals surface area contributed by atoms with Crippen molar-refractivity contribution in [2.45, 2.75) is 4.90 Å². The molecule has 1 heterocycles. The van der Waals surface area contributed by atoms with Crippen LogP contribution in [-0.2, 0) is 10.0 Å². The molecule has 0 aliphatic heterocycles. The number of nitrogens with two attached hydrogens (primary N) is 1. The van der Waals surface area contributed by atoms with Crippen molar-refractivity contribution in [3.63, 3.8) is 0 Å². The molecule has 0 radical (unpaired) electrons. The number of carbonyl (C=O) groups excluding carboxylic acids is 1. The maximum atomic E-state index is 12.4. The Kier molecular flexibility index (Phi) is 3.41. The molecule has 0 atom stereocenters. The number of aromatic amines is 2. The number of hydrogen-bond donors (Lipinski definition) is 4. The Morgan fingerprint density at radius 3 is 2.30 bits per heavy atom. The normalized spacial score (nSPS) is 11.5. The molecule has 5 N–H and O–H groups in total. The van der Waals surface area contributed by atoms with E-state index in [1.165, 1.54) is 42.5 Å². The second-order valence-corrected chi connectivity index (χ2v) is 6.52. The molecule has 23 heavy (non-hydrogen) atoms. The molecule has 1 amide bonds. The van der Waals surface area contributed by atoms with E-state index in [-0.39, 0.29) is 16.1 Å². The van der Waals surface area contributed by atoms with Crippen molar-refractivity contribution in [1.82, 2.24) is 9.97 Å². The summed E-state index contributed by atoms with van der Waals surface area (Å²) in [5, 5.41) is 0. The highest BCUT2D eigenvalue weighted by Gasteiger charge is 2.15. The summed E-state index contributed by atoms with van der Waals surface area (Å²) in [6, 6.07) is 9.96. The molecule has 1 aromatic heterocycles. The molecule has 9 heteroatoms.